The average molecular weight is 463 g/mol. The second kappa shape index (κ2) is 10.7. The summed E-state index contributed by atoms with van der Waals surface area (Å²) in [6.45, 7) is 3.17. The molecule has 1 aliphatic rings. The van der Waals surface area contributed by atoms with E-state index in [2.05, 4.69) is 9.97 Å². The van der Waals surface area contributed by atoms with Crippen molar-refractivity contribution >= 4 is 33.8 Å². The van der Waals surface area contributed by atoms with Gasteiger partial charge in [-0.2, -0.15) is 4.31 Å². The van der Waals surface area contributed by atoms with Crippen LogP contribution < -0.4 is 5.56 Å². The zero-order valence-corrected chi connectivity index (χ0v) is 19.0. The van der Waals surface area contributed by atoms with Gasteiger partial charge in [-0.25, -0.2) is 13.4 Å². The Hall–Kier alpha value is -2.43. The van der Waals surface area contributed by atoms with Crippen molar-refractivity contribution in [2.75, 3.05) is 31.9 Å². The fourth-order valence-corrected chi connectivity index (χ4v) is 5.13. The molecule has 8 nitrogen and oxygen atoms in total. The first-order chi connectivity index (χ1) is 14.9. The Balaban J connectivity index is 1.51. The normalized spacial score (nSPS) is 15.5. The lowest BCUT2D eigenvalue weighted by Gasteiger charge is -2.33. The predicted octanol–water partition coefficient (Wildman–Crippen LogP) is 1.96. The number of thioether (sulfide) groups is 1. The van der Waals surface area contributed by atoms with Crippen molar-refractivity contribution in [1.82, 2.24) is 19.2 Å². The summed E-state index contributed by atoms with van der Waals surface area (Å²) >= 11 is 1.19. The van der Waals surface area contributed by atoms with Gasteiger partial charge in [-0.1, -0.05) is 55.4 Å². The van der Waals surface area contributed by atoms with E-state index in [1.54, 1.807) is 11.0 Å². The molecule has 1 aromatic carbocycles. The molecule has 1 saturated heterocycles. The SMILES string of the molecule is CCCc1cc(=O)[nH]c(SCC(=O)N2CCN(S(=O)(=O)/C=C/c3ccccc3)CC2)n1. The maximum absolute atomic E-state index is 12.6. The molecule has 0 unspecified atom stereocenters. The molecule has 166 valence electrons. The zero-order chi connectivity index (χ0) is 22.3. The summed E-state index contributed by atoms with van der Waals surface area (Å²) in [6.07, 6.45) is 3.16. The molecule has 1 N–H and O–H groups in total. The third-order valence-corrected chi connectivity index (χ3v) is 7.22. The van der Waals surface area contributed by atoms with Crippen molar-refractivity contribution in [2.24, 2.45) is 0 Å². The van der Waals surface area contributed by atoms with Crippen molar-refractivity contribution in [3.63, 3.8) is 0 Å². The van der Waals surface area contributed by atoms with Gasteiger partial charge in [0.1, 0.15) is 0 Å². The minimum atomic E-state index is -3.54. The zero-order valence-electron chi connectivity index (χ0n) is 17.4. The summed E-state index contributed by atoms with van der Waals surface area (Å²) in [5.41, 5.74) is 1.30. The summed E-state index contributed by atoms with van der Waals surface area (Å²) in [6, 6.07) is 10.7. The van der Waals surface area contributed by atoms with Crippen molar-refractivity contribution in [3.8, 4) is 0 Å². The number of aromatic amines is 1. The van der Waals surface area contributed by atoms with Crippen LogP contribution in [0, 0.1) is 0 Å². The molecule has 2 heterocycles. The lowest BCUT2D eigenvalue weighted by Crippen LogP contribution is -2.50. The molecule has 0 radical (unpaired) electrons. The highest BCUT2D eigenvalue weighted by atomic mass is 32.2. The molecule has 1 aliphatic heterocycles. The van der Waals surface area contributed by atoms with Crippen molar-refractivity contribution in [1.29, 1.82) is 0 Å². The quantitative estimate of drug-likeness (QED) is 0.475. The second-order valence-corrected chi connectivity index (χ2v) is 9.90. The third-order valence-electron chi connectivity index (χ3n) is 4.79. The molecule has 1 fully saturated rings. The van der Waals surface area contributed by atoms with E-state index in [0.717, 1.165) is 12.0 Å². The largest absolute Gasteiger partial charge is 0.339 e. The van der Waals surface area contributed by atoms with Gasteiger partial charge in [-0.15, -0.1) is 0 Å². The van der Waals surface area contributed by atoms with E-state index in [0.29, 0.717) is 30.4 Å². The monoisotopic (exact) mass is 462 g/mol. The smallest absolute Gasteiger partial charge is 0.251 e. The number of piperazine rings is 1. The van der Waals surface area contributed by atoms with E-state index >= 15 is 0 Å². The number of benzene rings is 1. The highest BCUT2D eigenvalue weighted by Crippen LogP contribution is 2.16. The van der Waals surface area contributed by atoms with Crippen molar-refractivity contribution < 1.29 is 13.2 Å². The van der Waals surface area contributed by atoms with E-state index in [9.17, 15) is 18.0 Å². The Morgan fingerprint density at radius 1 is 1.19 bits per heavy atom. The van der Waals surface area contributed by atoms with E-state index < -0.39 is 10.0 Å². The summed E-state index contributed by atoms with van der Waals surface area (Å²) in [5.74, 6) is 0.0320. The highest BCUT2D eigenvalue weighted by Gasteiger charge is 2.27. The standard InChI is InChI=1S/C21H26N4O4S2/c1-2-6-18-15-19(26)23-21(22-18)30-16-20(27)24-10-12-25(13-11-24)31(28,29)14-9-17-7-4-3-5-8-17/h3-5,7-9,14-15H,2,6,10-13,16H2,1H3,(H,22,23,26)/b14-9+. The van der Waals surface area contributed by atoms with Gasteiger partial charge in [0, 0.05) is 43.3 Å². The molecule has 0 bridgehead atoms. The van der Waals surface area contributed by atoms with Crippen LogP contribution in [0.3, 0.4) is 0 Å². The second-order valence-electron chi connectivity index (χ2n) is 7.12. The van der Waals surface area contributed by atoms with Crippen LogP contribution in [0.1, 0.15) is 24.6 Å². The number of carbonyl (C=O) groups excluding carboxylic acids is 1. The first kappa shape index (κ1) is 23.2. The van der Waals surface area contributed by atoms with Crippen molar-refractivity contribution in [2.45, 2.75) is 24.9 Å². The average Bonchev–Trinajstić information content (AvgIpc) is 2.77. The van der Waals surface area contributed by atoms with Crippen molar-refractivity contribution in [3.05, 3.63) is 63.4 Å². The third kappa shape index (κ3) is 6.78. The van der Waals surface area contributed by atoms with Gasteiger partial charge in [0.2, 0.25) is 15.9 Å². The van der Waals surface area contributed by atoms with Crippen LogP contribution in [0.2, 0.25) is 0 Å². The van der Waals surface area contributed by atoms with Crippen LogP contribution in [0.4, 0.5) is 0 Å². The summed E-state index contributed by atoms with van der Waals surface area (Å²) in [5, 5.41) is 1.64. The maximum Gasteiger partial charge on any atom is 0.251 e. The van der Waals surface area contributed by atoms with Crippen LogP contribution in [-0.2, 0) is 21.2 Å². The van der Waals surface area contributed by atoms with Gasteiger partial charge >= 0.3 is 0 Å². The topological polar surface area (TPSA) is 103 Å². The van der Waals surface area contributed by atoms with E-state index in [-0.39, 0.29) is 30.3 Å². The molecule has 1 amide bonds. The number of hydrogen-bond acceptors (Lipinski definition) is 6. The fraction of sp³-hybridized carbons (Fsp3) is 0.381. The summed E-state index contributed by atoms with van der Waals surface area (Å²) < 4.78 is 26.5. The first-order valence-corrected chi connectivity index (χ1v) is 12.6. The number of rotatable bonds is 8. The lowest BCUT2D eigenvalue weighted by atomic mass is 10.2. The number of hydrogen-bond donors (Lipinski definition) is 1. The van der Waals surface area contributed by atoms with Crippen LogP contribution in [0.5, 0.6) is 0 Å². The molecule has 0 spiro atoms. The Bertz CT molecular complexity index is 1080. The van der Waals surface area contributed by atoms with Gasteiger partial charge < -0.3 is 9.88 Å². The van der Waals surface area contributed by atoms with Crippen LogP contribution in [0.15, 0.2) is 51.8 Å². The molecule has 10 heteroatoms. The molecular formula is C21H26N4O4S2. The van der Waals surface area contributed by atoms with Crippen LogP contribution in [0.25, 0.3) is 6.08 Å². The van der Waals surface area contributed by atoms with Gasteiger partial charge in [0.15, 0.2) is 5.16 Å². The van der Waals surface area contributed by atoms with Gasteiger partial charge in [0.25, 0.3) is 5.56 Å². The van der Waals surface area contributed by atoms with Gasteiger partial charge in [0.05, 0.1) is 5.75 Å². The number of carbonyl (C=O) groups is 1. The Labute approximate surface area is 186 Å². The molecule has 0 atom stereocenters. The minimum absolute atomic E-state index is 0.106. The van der Waals surface area contributed by atoms with Crippen LogP contribution in [-0.4, -0.2) is 65.4 Å². The highest BCUT2D eigenvalue weighted by molar-refractivity contribution is 7.99. The molecule has 2 aromatic rings. The number of sulfonamides is 1. The number of aryl methyl sites for hydroxylation is 1. The number of nitrogens with one attached hydrogen (secondary N) is 1. The number of nitrogens with zero attached hydrogens (tertiary/aromatic N) is 3. The number of H-pyrrole nitrogens is 1. The molecule has 31 heavy (non-hydrogen) atoms. The molecule has 0 saturated carbocycles. The van der Waals surface area contributed by atoms with E-state index in [4.69, 9.17) is 0 Å². The Morgan fingerprint density at radius 2 is 1.90 bits per heavy atom. The van der Waals surface area contributed by atoms with Crippen LogP contribution >= 0.6 is 11.8 Å². The first-order valence-electron chi connectivity index (χ1n) is 10.1. The van der Waals surface area contributed by atoms with E-state index in [1.807, 2.05) is 37.3 Å². The molecule has 0 aliphatic carbocycles. The maximum atomic E-state index is 12.6. The Kier molecular flexibility index (Phi) is 8.05. The fourth-order valence-electron chi connectivity index (χ4n) is 3.16. The Morgan fingerprint density at radius 3 is 2.58 bits per heavy atom. The lowest BCUT2D eigenvalue weighted by molar-refractivity contribution is -0.129. The number of aromatic nitrogens is 2. The van der Waals surface area contributed by atoms with Gasteiger partial charge in [-0.3, -0.25) is 9.59 Å². The molecule has 3 rings (SSSR count). The number of amides is 1. The summed E-state index contributed by atoms with van der Waals surface area (Å²) in [7, 11) is -3.54. The molecular weight excluding hydrogens is 436 g/mol. The summed E-state index contributed by atoms with van der Waals surface area (Å²) in [4.78, 5) is 32.9. The van der Waals surface area contributed by atoms with Gasteiger partial charge in [-0.05, 0) is 18.1 Å². The van der Waals surface area contributed by atoms with E-state index in [1.165, 1.54) is 27.5 Å². The molecule has 1 aromatic heterocycles. The minimum Gasteiger partial charge on any atom is -0.339 e. The predicted molar refractivity (Wildman–Crippen MR) is 122 cm³/mol.